The largest absolute Gasteiger partial charge is 0.391 e. The van der Waals surface area contributed by atoms with Crippen LogP contribution in [0.1, 0.15) is 36.0 Å². The number of carbonyl (C=O) groups excluding carboxylic acids is 1. The zero-order chi connectivity index (χ0) is 14.7. The van der Waals surface area contributed by atoms with E-state index in [1.54, 1.807) is 6.07 Å². The van der Waals surface area contributed by atoms with Crippen LogP contribution in [0.3, 0.4) is 0 Å². The van der Waals surface area contributed by atoms with Crippen LogP contribution in [0.2, 0.25) is 0 Å². The number of nitro benzene ring substituents is 1. The Morgan fingerprint density at radius 3 is 2.75 bits per heavy atom. The summed E-state index contributed by atoms with van der Waals surface area (Å²) in [7, 11) is 0. The Balaban J connectivity index is 2.18. The molecule has 2 unspecified atom stereocenters. The Bertz CT molecular complexity index is 535. The van der Waals surface area contributed by atoms with Gasteiger partial charge in [-0.1, -0.05) is 28.8 Å². The van der Waals surface area contributed by atoms with Gasteiger partial charge in [0, 0.05) is 10.5 Å². The maximum absolute atomic E-state index is 12.2. The number of halogens is 1. The number of aliphatic hydroxyl groups excluding tert-OH is 1. The molecule has 20 heavy (non-hydrogen) atoms. The predicted octanol–water partition coefficient (Wildman–Crippen LogP) is 2.39. The Kier molecular flexibility index (Phi) is 4.72. The fourth-order valence-corrected chi connectivity index (χ4v) is 2.72. The lowest BCUT2D eigenvalue weighted by Crippen LogP contribution is -2.45. The number of rotatable bonds is 3. The van der Waals surface area contributed by atoms with Crippen molar-refractivity contribution >= 4 is 27.5 Å². The second-order valence-electron chi connectivity index (χ2n) is 4.85. The number of benzene rings is 1. The maximum atomic E-state index is 12.2. The van der Waals surface area contributed by atoms with Gasteiger partial charge >= 0.3 is 0 Å². The smallest absolute Gasteiger partial charge is 0.283 e. The molecule has 0 aliphatic heterocycles. The highest BCUT2D eigenvalue weighted by atomic mass is 79.9. The predicted molar refractivity (Wildman–Crippen MR) is 76.5 cm³/mol. The molecule has 0 aromatic heterocycles. The minimum absolute atomic E-state index is 0.0102. The molecule has 2 atom stereocenters. The molecule has 2 N–H and O–H groups in total. The van der Waals surface area contributed by atoms with Crippen molar-refractivity contribution in [3.63, 3.8) is 0 Å². The summed E-state index contributed by atoms with van der Waals surface area (Å²) in [5.74, 6) is -0.518. The number of aliphatic hydroxyl groups is 1. The van der Waals surface area contributed by atoms with Gasteiger partial charge < -0.3 is 10.4 Å². The van der Waals surface area contributed by atoms with Crippen LogP contribution >= 0.6 is 15.9 Å². The molecule has 2 rings (SSSR count). The van der Waals surface area contributed by atoms with Gasteiger partial charge in [0.15, 0.2) is 0 Å². The van der Waals surface area contributed by atoms with E-state index in [1.165, 1.54) is 12.1 Å². The molecular weight excluding hydrogens is 328 g/mol. The van der Waals surface area contributed by atoms with Crippen molar-refractivity contribution in [2.24, 2.45) is 0 Å². The average Bonchev–Trinajstić information content (AvgIpc) is 2.41. The molecule has 1 aromatic rings. The van der Waals surface area contributed by atoms with Gasteiger partial charge in [-0.25, -0.2) is 0 Å². The van der Waals surface area contributed by atoms with Crippen molar-refractivity contribution in [3.05, 3.63) is 38.3 Å². The van der Waals surface area contributed by atoms with Crippen molar-refractivity contribution in [3.8, 4) is 0 Å². The van der Waals surface area contributed by atoms with Crippen molar-refractivity contribution in [1.82, 2.24) is 5.32 Å². The summed E-state index contributed by atoms with van der Waals surface area (Å²) in [4.78, 5) is 22.6. The normalized spacial score (nSPS) is 22.3. The molecule has 0 radical (unpaired) electrons. The summed E-state index contributed by atoms with van der Waals surface area (Å²) in [6.07, 6.45) is 2.63. The van der Waals surface area contributed by atoms with E-state index < -0.39 is 16.9 Å². The van der Waals surface area contributed by atoms with Gasteiger partial charge in [0.25, 0.3) is 11.6 Å². The third-order valence-corrected chi connectivity index (χ3v) is 3.94. The van der Waals surface area contributed by atoms with E-state index in [9.17, 15) is 20.0 Å². The van der Waals surface area contributed by atoms with Gasteiger partial charge in [0.05, 0.1) is 17.1 Å². The number of hydrogen-bond acceptors (Lipinski definition) is 4. The summed E-state index contributed by atoms with van der Waals surface area (Å²) in [5, 5.41) is 23.5. The Morgan fingerprint density at radius 1 is 1.40 bits per heavy atom. The lowest BCUT2D eigenvalue weighted by molar-refractivity contribution is -0.385. The number of carbonyl (C=O) groups is 1. The molecule has 1 aliphatic rings. The molecule has 0 heterocycles. The Morgan fingerprint density at radius 2 is 2.10 bits per heavy atom. The number of amides is 1. The summed E-state index contributed by atoms with van der Waals surface area (Å²) in [5.41, 5.74) is -0.238. The molecule has 1 saturated carbocycles. The summed E-state index contributed by atoms with van der Waals surface area (Å²) in [6, 6.07) is 3.96. The molecule has 1 amide bonds. The van der Waals surface area contributed by atoms with E-state index >= 15 is 0 Å². The molecule has 1 aromatic carbocycles. The lowest BCUT2D eigenvalue weighted by atomic mass is 9.92. The number of nitrogens with zero attached hydrogens (tertiary/aromatic N) is 1. The summed E-state index contributed by atoms with van der Waals surface area (Å²) in [6.45, 7) is 0. The highest BCUT2D eigenvalue weighted by Crippen LogP contribution is 2.24. The SMILES string of the molecule is O=C(NC1CCCCC1O)c1ccc(Br)cc1[N+](=O)[O-]. The zero-order valence-corrected chi connectivity index (χ0v) is 12.3. The van der Waals surface area contributed by atoms with Crippen molar-refractivity contribution in [2.45, 2.75) is 37.8 Å². The van der Waals surface area contributed by atoms with Gasteiger partial charge in [-0.2, -0.15) is 0 Å². The topological polar surface area (TPSA) is 92.5 Å². The van der Waals surface area contributed by atoms with Crippen LogP contribution in [0.4, 0.5) is 5.69 Å². The first kappa shape index (κ1) is 14.9. The van der Waals surface area contributed by atoms with Gasteiger partial charge in [0.2, 0.25) is 0 Å². The Labute approximate surface area is 124 Å². The van der Waals surface area contributed by atoms with Crippen molar-refractivity contribution in [1.29, 1.82) is 0 Å². The first-order chi connectivity index (χ1) is 9.49. The van der Waals surface area contributed by atoms with Crippen LogP contribution in [0.5, 0.6) is 0 Å². The van der Waals surface area contributed by atoms with Crippen LogP contribution < -0.4 is 5.32 Å². The van der Waals surface area contributed by atoms with Crippen LogP contribution in [-0.4, -0.2) is 28.1 Å². The third kappa shape index (κ3) is 3.34. The zero-order valence-electron chi connectivity index (χ0n) is 10.7. The van der Waals surface area contributed by atoms with Crippen LogP contribution in [0.15, 0.2) is 22.7 Å². The quantitative estimate of drug-likeness (QED) is 0.651. The fourth-order valence-electron chi connectivity index (χ4n) is 2.37. The molecule has 6 nitrogen and oxygen atoms in total. The number of nitrogens with one attached hydrogen (secondary N) is 1. The van der Waals surface area contributed by atoms with E-state index in [0.717, 1.165) is 12.8 Å². The summed E-state index contributed by atoms with van der Waals surface area (Å²) < 4.78 is 0.540. The van der Waals surface area contributed by atoms with E-state index in [4.69, 9.17) is 0 Å². The second kappa shape index (κ2) is 6.32. The summed E-state index contributed by atoms with van der Waals surface area (Å²) >= 11 is 3.15. The van der Waals surface area contributed by atoms with Crippen LogP contribution in [0.25, 0.3) is 0 Å². The van der Waals surface area contributed by atoms with Crippen molar-refractivity contribution in [2.75, 3.05) is 0 Å². The minimum atomic E-state index is -0.586. The molecule has 7 heteroatoms. The molecule has 0 saturated heterocycles. The molecule has 1 fully saturated rings. The second-order valence-corrected chi connectivity index (χ2v) is 5.77. The van der Waals surface area contributed by atoms with E-state index in [0.29, 0.717) is 17.3 Å². The molecule has 0 bridgehead atoms. The van der Waals surface area contributed by atoms with Crippen LogP contribution in [0, 0.1) is 10.1 Å². The standard InChI is InChI=1S/C13H15BrN2O4/c14-8-5-6-9(11(7-8)16(19)20)13(18)15-10-3-1-2-4-12(10)17/h5-7,10,12,17H,1-4H2,(H,15,18). The highest BCUT2D eigenvalue weighted by molar-refractivity contribution is 9.10. The molecule has 0 spiro atoms. The van der Waals surface area contributed by atoms with Gasteiger partial charge in [-0.3, -0.25) is 14.9 Å². The van der Waals surface area contributed by atoms with Crippen LogP contribution in [-0.2, 0) is 0 Å². The highest BCUT2D eigenvalue weighted by Gasteiger charge is 2.27. The van der Waals surface area contributed by atoms with Gasteiger partial charge in [0.1, 0.15) is 5.56 Å². The first-order valence-electron chi connectivity index (χ1n) is 6.42. The third-order valence-electron chi connectivity index (χ3n) is 3.45. The molecule has 1 aliphatic carbocycles. The first-order valence-corrected chi connectivity index (χ1v) is 7.21. The maximum Gasteiger partial charge on any atom is 0.283 e. The molecular formula is C13H15BrN2O4. The van der Waals surface area contributed by atoms with Gasteiger partial charge in [-0.15, -0.1) is 0 Å². The minimum Gasteiger partial charge on any atom is -0.391 e. The van der Waals surface area contributed by atoms with Gasteiger partial charge in [-0.05, 0) is 25.0 Å². The molecule has 108 valence electrons. The average molecular weight is 343 g/mol. The van der Waals surface area contributed by atoms with Crippen molar-refractivity contribution < 1.29 is 14.8 Å². The lowest BCUT2D eigenvalue weighted by Gasteiger charge is -2.28. The Hall–Kier alpha value is -1.47. The van der Waals surface area contributed by atoms with E-state index in [-0.39, 0.29) is 17.3 Å². The van der Waals surface area contributed by atoms with E-state index in [2.05, 4.69) is 21.2 Å². The number of nitro groups is 1. The monoisotopic (exact) mass is 342 g/mol. The number of hydrogen-bond donors (Lipinski definition) is 2. The fraction of sp³-hybridized carbons (Fsp3) is 0.462. The van der Waals surface area contributed by atoms with E-state index in [1.807, 2.05) is 0 Å².